The van der Waals surface area contributed by atoms with Gasteiger partial charge in [-0.05, 0) is 51.1 Å². The Morgan fingerprint density at radius 2 is 0.976 bits per heavy atom. The van der Waals surface area contributed by atoms with E-state index >= 15 is 0 Å². The number of hydrogen-bond donors (Lipinski definition) is 0. The van der Waals surface area contributed by atoms with E-state index in [1.807, 2.05) is 69.3 Å². The maximum absolute atomic E-state index is 12.5. The van der Waals surface area contributed by atoms with E-state index < -0.39 is 24.1 Å². The maximum Gasteiger partial charge on any atom is 0.338 e. The van der Waals surface area contributed by atoms with Crippen molar-refractivity contribution in [3.63, 3.8) is 0 Å². The minimum Gasteiger partial charge on any atom is -0.488 e. The Morgan fingerprint density at radius 1 is 0.561 bits per heavy atom. The van der Waals surface area contributed by atoms with E-state index in [9.17, 15) is 9.59 Å². The van der Waals surface area contributed by atoms with Crippen molar-refractivity contribution in [1.82, 2.24) is 0 Å². The lowest BCUT2D eigenvalue weighted by Crippen LogP contribution is -2.22. The number of fused-ring (bicyclic) bond motifs is 2. The van der Waals surface area contributed by atoms with Crippen molar-refractivity contribution >= 4 is 33.5 Å². The molecule has 41 heavy (non-hydrogen) atoms. The normalized spacial score (nSPS) is 12.5. The fourth-order valence-electron chi connectivity index (χ4n) is 4.64. The number of carbonyl (C=O) groups is 2. The highest BCUT2D eigenvalue weighted by atomic mass is 16.6. The predicted octanol–water partition coefficient (Wildman–Crippen LogP) is 7.55. The average Bonchev–Trinajstić information content (AvgIpc) is 2.99. The van der Waals surface area contributed by atoms with Crippen molar-refractivity contribution in [2.24, 2.45) is 0 Å². The molecule has 6 heteroatoms. The fourth-order valence-corrected chi connectivity index (χ4v) is 4.64. The number of benzene rings is 5. The van der Waals surface area contributed by atoms with E-state index in [-0.39, 0.29) is 13.2 Å². The van der Waals surface area contributed by atoms with E-state index in [1.54, 1.807) is 48.5 Å². The Labute approximate surface area is 239 Å². The van der Waals surface area contributed by atoms with E-state index in [0.29, 0.717) is 22.6 Å². The SMILES string of the molecule is Cc1ccc2c(OCC(C)OC(=O)c3ccccc3)c3ccccc3c(OCC(C)OC(=O)c3ccccc3)c2c1. The minimum atomic E-state index is -0.475. The van der Waals surface area contributed by atoms with Crippen LogP contribution in [-0.2, 0) is 9.47 Å². The summed E-state index contributed by atoms with van der Waals surface area (Å²) < 4.78 is 24.0. The standard InChI is InChI=1S/C35H32O6/c1-23-18-19-30-31(20-23)33(39-22-25(3)41-35(37)27-14-8-5-9-15-27)29-17-11-10-16-28(29)32(30)38-21-24(2)40-34(36)26-12-6-4-7-13-26/h4-20,24-25H,21-22H2,1-3H3. The lowest BCUT2D eigenvalue weighted by atomic mass is 9.99. The molecular formula is C35H32O6. The van der Waals surface area contributed by atoms with Gasteiger partial charge in [0.05, 0.1) is 11.1 Å². The summed E-state index contributed by atoms with van der Waals surface area (Å²) in [6, 6.07) is 31.8. The van der Waals surface area contributed by atoms with Gasteiger partial charge in [-0.15, -0.1) is 0 Å². The van der Waals surface area contributed by atoms with Gasteiger partial charge in [-0.25, -0.2) is 9.59 Å². The summed E-state index contributed by atoms with van der Waals surface area (Å²) in [5.41, 5.74) is 2.06. The molecule has 2 unspecified atom stereocenters. The van der Waals surface area contributed by atoms with Crippen LogP contribution in [0.5, 0.6) is 11.5 Å². The van der Waals surface area contributed by atoms with Crippen LogP contribution in [-0.4, -0.2) is 37.4 Å². The molecule has 6 nitrogen and oxygen atoms in total. The number of hydrogen-bond acceptors (Lipinski definition) is 6. The highest BCUT2D eigenvalue weighted by Crippen LogP contribution is 2.43. The molecule has 5 aromatic rings. The van der Waals surface area contributed by atoms with Crippen molar-refractivity contribution < 1.29 is 28.5 Å². The van der Waals surface area contributed by atoms with Crippen molar-refractivity contribution in [1.29, 1.82) is 0 Å². The molecule has 0 aliphatic heterocycles. The van der Waals surface area contributed by atoms with Crippen LogP contribution in [0.1, 0.15) is 40.1 Å². The van der Waals surface area contributed by atoms with Gasteiger partial charge in [0.25, 0.3) is 0 Å². The topological polar surface area (TPSA) is 71.1 Å². The van der Waals surface area contributed by atoms with Crippen molar-refractivity contribution in [2.75, 3.05) is 13.2 Å². The van der Waals surface area contributed by atoms with Crippen LogP contribution in [0.3, 0.4) is 0 Å². The molecule has 0 aliphatic carbocycles. The van der Waals surface area contributed by atoms with Crippen molar-refractivity contribution in [3.05, 3.63) is 120 Å². The first-order valence-electron chi connectivity index (χ1n) is 13.6. The average molecular weight is 549 g/mol. The first-order valence-corrected chi connectivity index (χ1v) is 13.6. The summed E-state index contributed by atoms with van der Waals surface area (Å²) >= 11 is 0. The van der Waals surface area contributed by atoms with Gasteiger partial charge in [0.1, 0.15) is 36.9 Å². The van der Waals surface area contributed by atoms with Crippen LogP contribution in [0.2, 0.25) is 0 Å². The predicted molar refractivity (Wildman–Crippen MR) is 160 cm³/mol. The largest absolute Gasteiger partial charge is 0.488 e. The molecule has 0 aliphatic rings. The van der Waals surface area contributed by atoms with E-state index in [0.717, 1.165) is 27.1 Å². The number of esters is 2. The van der Waals surface area contributed by atoms with Crippen LogP contribution in [0.25, 0.3) is 21.5 Å². The second-order valence-corrected chi connectivity index (χ2v) is 10.0. The molecule has 0 fully saturated rings. The summed E-state index contributed by atoms with van der Waals surface area (Å²) in [4.78, 5) is 25.1. The zero-order valence-electron chi connectivity index (χ0n) is 23.3. The molecule has 5 aromatic carbocycles. The molecule has 2 atom stereocenters. The quantitative estimate of drug-likeness (QED) is 0.133. The molecule has 0 saturated carbocycles. The number of carbonyl (C=O) groups excluding carboxylic acids is 2. The number of rotatable bonds is 10. The Bertz CT molecular complexity index is 1660. The molecule has 0 amide bonds. The summed E-state index contributed by atoms with van der Waals surface area (Å²) in [7, 11) is 0. The monoisotopic (exact) mass is 548 g/mol. The van der Waals surface area contributed by atoms with E-state index in [1.165, 1.54) is 0 Å². The molecule has 0 aromatic heterocycles. The second-order valence-electron chi connectivity index (χ2n) is 10.0. The fraction of sp³-hybridized carbons (Fsp3) is 0.200. The van der Waals surface area contributed by atoms with Gasteiger partial charge in [0.15, 0.2) is 0 Å². The zero-order valence-corrected chi connectivity index (χ0v) is 23.3. The third-order valence-electron chi connectivity index (χ3n) is 6.64. The van der Waals surface area contributed by atoms with Crippen LogP contribution < -0.4 is 9.47 Å². The summed E-state index contributed by atoms with van der Waals surface area (Å²) in [5, 5.41) is 3.50. The Morgan fingerprint density at radius 3 is 1.46 bits per heavy atom. The zero-order chi connectivity index (χ0) is 28.8. The van der Waals surface area contributed by atoms with Gasteiger partial charge in [0, 0.05) is 21.5 Å². The first-order chi connectivity index (χ1) is 19.9. The Balaban J connectivity index is 1.39. The molecule has 5 rings (SSSR count). The molecule has 0 radical (unpaired) electrons. The van der Waals surface area contributed by atoms with Crippen LogP contribution in [0.15, 0.2) is 103 Å². The number of aryl methyl sites for hydroxylation is 1. The van der Waals surface area contributed by atoms with Crippen molar-refractivity contribution in [3.8, 4) is 11.5 Å². The van der Waals surface area contributed by atoms with Gasteiger partial charge >= 0.3 is 11.9 Å². The molecule has 208 valence electrons. The first kappa shape index (κ1) is 27.7. The summed E-state index contributed by atoms with van der Waals surface area (Å²) in [6.45, 7) is 6.00. The van der Waals surface area contributed by atoms with Gasteiger partial charge in [-0.3, -0.25) is 0 Å². The molecule has 0 saturated heterocycles. The Hall–Kier alpha value is -4.84. The smallest absolute Gasteiger partial charge is 0.338 e. The summed E-state index contributed by atoms with van der Waals surface area (Å²) in [5.74, 6) is 0.600. The molecule has 0 heterocycles. The lowest BCUT2D eigenvalue weighted by molar-refractivity contribution is 0.0221. The van der Waals surface area contributed by atoms with Crippen LogP contribution in [0, 0.1) is 6.92 Å². The van der Waals surface area contributed by atoms with Gasteiger partial charge in [-0.2, -0.15) is 0 Å². The second kappa shape index (κ2) is 12.6. The maximum atomic E-state index is 12.5. The van der Waals surface area contributed by atoms with Crippen LogP contribution in [0.4, 0.5) is 0 Å². The highest BCUT2D eigenvalue weighted by molar-refractivity contribution is 6.11. The molecule has 0 spiro atoms. The Kier molecular flexibility index (Phi) is 8.49. The van der Waals surface area contributed by atoms with Gasteiger partial charge < -0.3 is 18.9 Å². The molecule has 0 bridgehead atoms. The van der Waals surface area contributed by atoms with E-state index in [2.05, 4.69) is 6.07 Å². The molecule has 0 N–H and O–H groups in total. The third kappa shape index (κ3) is 6.49. The molecular weight excluding hydrogens is 516 g/mol. The lowest BCUT2D eigenvalue weighted by Gasteiger charge is -2.21. The third-order valence-corrected chi connectivity index (χ3v) is 6.64. The summed E-state index contributed by atoms with van der Waals surface area (Å²) in [6.07, 6.45) is -0.949. The highest BCUT2D eigenvalue weighted by Gasteiger charge is 2.20. The van der Waals surface area contributed by atoms with Crippen molar-refractivity contribution in [2.45, 2.75) is 33.0 Å². The number of ether oxygens (including phenoxy) is 4. The van der Waals surface area contributed by atoms with E-state index in [4.69, 9.17) is 18.9 Å². The van der Waals surface area contributed by atoms with Gasteiger partial charge in [0.2, 0.25) is 0 Å². The minimum absolute atomic E-state index is 0.179. The van der Waals surface area contributed by atoms with Gasteiger partial charge in [-0.1, -0.05) is 78.4 Å². The van der Waals surface area contributed by atoms with Crippen LogP contribution >= 0.6 is 0 Å².